The van der Waals surface area contributed by atoms with Gasteiger partial charge in [-0.05, 0) is 36.8 Å². The van der Waals surface area contributed by atoms with E-state index in [0.717, 1.165) is 12.1 Å². The second-order valence-corrected chi connectivity index (χ2v) is 5.27. The Kier molecular flexibility index (Phi) is 4.98. The molecule has 1 N–H and O–H groups in total. The van der Waals surface area contributed by atoms with Gasteiger partial charge in [-0.25, -0.2) is 0 Å². The number of nitrogens with one attached hydrogen (secondary N) is 1. The third kappa shape index (κ3) is 3.93. The molecule has 0 saturated carbocycles. The minimum atomic E-state index is -4.35. The van der Waals surface area contributed by atoms with E-state index in [2.05, 4.69) is 10.5 Å². The van der Waals surface area contributed by atoms with Crippen LogP contribution >= 0.6 is 23.2 Å². The largest absolute Gasteiger partial charge is 0.416 e. The summed E-state index contributed by atoms with van der Waals surface area (Å²) in [4.78, 5) is 0. The Hall–Kier alpha value is -1.72. The van der Waals surface area contributed by atoms with Crippen molar-refractivity contribution in [2.75, 3.05) is 5.43 Å². The number of hydrogen-bond acceptors (Lipinski definition) is 2. The average Bonchev–Trinajstić information content (AvgIpc) is 2.48. The Labute approximate surface area is 135 Å². The summed E-state index contributed by atoms with van der Waals surface area (Å²) >= 11 is 11.9. The SMILES string of the molecule is CC(=NNc1cccc(Cl)c1Cl)c1ccc(C(F)(F)F)cc1. The van der Waals surface area contributed by atoms with Crippen molar-refractivity contribution >= 4 is 34.6 Å². The Bertz CT molecular complexity index is 695. The van der Waals surface area contributed by atoms with E-state index in [-0.39, 0.29) is 0 Å². The van der Waals surface area contributed by atoms with E-state index < -0.39 is 11.7 Å². The lowest BCUT2D eigenvalue weighted by Crippen LogP contribution is -2.06. The van der Waals surface area contributed by atoms with E-state index in [0.29, 0.717) is 27.0 Å². The fourth-order valence-electron chi connectivity index (χ4n) is 1.70. The topological polar surface area (TPSA) is 24.4 Å². The number of rotatable bonds is 3. The quantitative estimate of drug-likeness (QED) is 0.547. The van der Waals surface area contributed by atoms with Crippen LogP contribution in [-0.2, 0) is 6.18 Å². The zero-order valence-electron chi connectivity index (χ0n) is 11.4. The van der Waals surface area contributed by atoms with Crippen molar-refractivity contribution < 1.29 is 13.2 Å². The van der Waals surface area contributed by atoms with Crippen molar-refractivity contribution in [2.45, 2.75) is 13.1 Å². The normalized spacial score (nSPS) is 12.4. The van der Waals surface area contributed by atoms with Crippen molar-refractivity contribution in [1.82, 2.24) is 0 Å². The van der Waals surface area contributed by atoms with Crippen molar-refractivity contribution in [3.05, 3.63) is 63.6 Å². The fraction of sp³-hybridized carbons (Fsp3) is 0.133. The van der Waals surface area contributed by atoms with Crippen LogP contribution in [0, 0.1) is 0 Å². The summed E-state index contributed by atoms with van der Waals surface area (Å²) in [6.07, 6.45) is -4.35. The van der Waals surface area contributed by atoms with E-state index >= 15 is 0 Å². The zero-order valence-corrected chi connectivity index (χ0v) is 12.9. The average molecular weight is 347 g/mol. The fourth-order valence-corrected chi connectivity index (χ4v) is 2.04. The molecule has 7 heteroatoms. The predicted octanol–water partition coefficient (Wildman–Crippen LogP) is 5.85. The maximum absolute atomic E-state index is 12.5. The highest BCUT2D eigenvalue weighted by Gasteiger charge is 2.29. The van der Waals surface area contributed by atoms with Gasteiger partial charge in [-0.3, -0.25) is 5.43 Å². The van der Waals surface area contributed by atoms with Gasteiger partial charge in [-0.2, -0.15) is 18.3 Å². The number of hydrogen-bond donors (Lipinski definition) is 1. The number of hydrazone groups is 1. The molecule has 0 saturated heterocycles. The van der Waals surface area contributed by atoms with Crippen LogP contribution in [0.25, 0.3) is 0 Å². The summed E-state index contributed by atoms with van der Waals surface area (Å²) in [5, 5.41) is 4.81. The maximum Gasteiger partial charge on any atom is 0.416 e. The molecular weight excluding hydrogens is 336 g/mol. The van der Waals surface area contributed by atoms with Gasteiger partial charge in [0.15, 0.2) is 0 Å². The Morgan fingerprint density at radius 1 is 1.05 bits per heavy atom. The molecule has 116 valence electrons. The first kappa shape index (κ1) is 16.6. The van der Waals surface area contributed by atoms with E-state index in [1.807, 2.05) is 0 Å². The molecule has 2 aromatic rings. The minimum absolute atomic E-state index is 0.327. The summed E-state index contributed by atoms with van der Waals surface area (Å²) in [7, 11) is 0. The van der Waals surface area contributed by atoms with E-state index in [9.17, 15) is 13.2 Å². The van der Waals surface area contributed by atoms with Crippen molar-refractivity contribution in [1.29, 1.82) is 0 Å². The molecule has 0 radical (unpaired) electrons. The van der Waals surface area contributed by atoms with Crippen molar-refractivity contribution in [3.63, 3.8) is 0 Å². The number of alkyl halides is 3. The van der Waals surface area contributed by atoms with Crippen LogP contribution in [0.15, 0.2) is 47.6 Å². The molecule has 0 unspecified atom stereocenters. The standard InChI is InChI=1S/C15H11Cl2F3N2/c1-9(10-5-7-11(8-6-10)15(18,19)20)21-22-13-4-2-3-12(16)14(13)17/h2-8,22H,1H3. The molecule has 0 aliphatic rings. The van der Waals surface area contributed by atoms with Gasteiger partial charge in [0.2, 0.25) is 0 Å². The van der Waals surface area contributed by atoms with Gasteiger partial charge in [0.25, 0.3) is 0 Å². The van der Waals surface area contributed by atoms with Crippen molar-refractivity contribution in [3.8, 4) is 0 Å². The Morgan fingerprint density at radius 3 is 2.27 bits per heavy atom. The third-order valence-corrected chi connectivity index (χ3v) is 3.74. The molecule has 0 aliphatic carbocycles. The van der Waals surface area contributed by atoms with Gasteiger partial charge < -0.3 is 0 Å². The third-order valence-electron chi connectivity index (χ3n) is 2.93. The van der Waals surface area contributed by atoms with Gasteiger partial charge in [0.05, 0.1) is 27.0 Å². The molecular formula is C15H11Cl2F3N2. The lowest BCUT2D eigenvalue weighted by Gasteiger charge is -2.08. The summed E-state index contributed by atoms with van der Waals surface area (Å²) in [6, 6.07) is 9.80. The highest BCUT2D eigenvalue weighted by atomic mass is 35.5. The molecule has 0 aromatic heterocycles. The molecule has 2 nitrogen and oxygen atoms in total. The van der Waals surface area contributed by atoms with Gasteiger partial charge in [-0.1, -0.05) is 41.4 Å². The minimum Gasteiger partial charge on any atom is -0.277 e. The molecule has 0 aliphatic heterocycles. The van der Waals surface area contributed by atoms with E-state index in [1.54, 1.807) is 25.1 Å². The van der Waals surface area contributed by atoms with Crippen LogP contribution in [0.1, 0.15) is 18.1 Å². The molecule has 0 amide bonds. The van der Waals surface area contributed by atoms with Crippen LogP contribution in [-0.4, -0.2) is 5.71 Å². The highest BCUT2D eigenvalue weighted by Crippen LogP contribution is 2.30. The van der Waals surface area contributed by atoms with Crippen LogP contribution in [0.2, 0.25) is 10.0 Å². The summed E-state index contributed by atoms with van der Waals surface area (Å²) < 4.78 is 37.5. The second-order valence-electron chi connectivity index (χ2n) is 4.49. The zero-order chi connectivity index (χ0) is 16.3. The van der Waals surface area contributed by atoms with Crippen molar-refractivity contribution in [2.24, 2.45) is 5.10 Å². The summed E-state index contributed by atoms with van der Waals surface area (Å²) in [6.45, 7) is 1.67. The van der Waals surface area contributed by atoms with Gasteiger partial charge in [0.1, 0.15) is 0 Å². The van der Waals surface area contributed by atoms with Crippen LogP contribution < -0.4 is 5.43 Å². The first-order valence-electron chi connectivity index (χ1n) is 6.21. The molecule has 22 heavy (non-hydrogen) atoms. The monoisotopic (exact) mass is 346 g/mol. The van der Waals surface area contributed by atoms with Crippen LogP contribution in [0.4, 0.5) is 18.9 Å². The van der Waals surface area contributed by atoms with Gasteiger partial charge >= 0.3 is 6.18 Å². The molecule has 0 heterocycles. The number of nitrogens with zero attached hydrogens (tertiary/aromatic N) is 1. The number of anilines is 1. The second kappa shape index (κ2) is 6.58. The lowest BCUT2D eigenvalue weighted by atomic mass is 10.1. The first-order valence-corrected chi connectivity index (χ1v) is 6.96. The van der Waals surface area contributed by atoms with E-state index in [1.165, 1.54) is 12.1 Å². The van der Waals surface area contributed by atoms with Gasteiger partial charge in [0, 0.05) is 0 Å². The van der Waals surface area contributed by atoms with E-state index in [4.69, 9.17) is 23.2 Å². The molecule has 0 spiro atoms. The van der Waals surface area contributed by atoms with Gasteiger partial charge in [-0.15, -0.1) is 0 Å². The van der Waals surface area contributed by atoms with Crippen LogP contribution in [0.5, 0.6) is 0 Å². The predicted molar refractivity (Wildman–Crippen MR) is 83.7 cm³/mol. The molecule has 2 aromatic carbocycles. The first-order chi connectivity index (χ1) is 10.3. The summed E-state index contributed by atoms with van der Waals surface area (Å²) in [5.74, 6) is 0. The number of benzene rings is 2. The smallest absolute Gasteiger partial charge is 0.277 e. The maximum atomic E-state index is 12.5. The van der Waals surface area contributed by atoms with Crippen LogP contribution in [0.3, 0.4) is 0 Å². The highest BCUT2D eigenvalue weighted by molar-refractivity contribution is 6.43. The Balaban J connectivity index is 2.17. The summed E-state index contributed by atoms with van der Waals surface area (Å²) in [5.41, 5.74) is 3.65. The Morgan fingerprint density at radius 2 is 1.68 bits per heavy atom. The molecule has 0 fully saturated rings. The molecule has 2 rings (SSSR count). The number of halogens is 5. The lowest BCUT2D eigenvalue weighted by molar-refractivity contribution is -0.137. The molecule has 0 bridgehead atoms. The molecule has 0 atom stereocenters.